The molecule has 0 spiro atoms. The Hall–Kier alpha value is -2.13. The van der Waals surface area contributed by atoms with Gasteiger partial charge in [-0.15, -0.1) is 0 Å². The third kappa shape index (κ3) is 2.21. The molecule has 0 aliphatic heterocycles. The molecule has 0 atom stereocenters. The third-order valence-corrected chi connectivity index (χ3v) is 3.76. The van der Waals surface area contributed by atoms with Gasteiger partial charge >= 0.3 is 0 Å². The Kier molecular flexibility index (Phi) is 3.52. The van der Waals surface area contributed by atoms with Crippen molar-refractivity contribution in [1.82, 2.24) is 5.32 Å². The summed E-state index contributed by atoms with van der Waals surface area (Å²) in [7, 11) is 0. The maximum absolute atomic E-state index is 12.3. The van der Waals surface area contributed by atoms with Crippen molar-refractivity contribution in [2.24, 2.45) is 5.73 Å². The molecule has 1 aliphatic rings. The molecule has 0 saturated heterocycles. The molecule has 102 valence electrons. The Morgan fingerprint density at radius 1 is 1.10 bits per heavy atom. The number of benzene rings is 2. The number of amides is 1. The number of nitrogens with two attached hydrogens (primary N) is 1. The standard InChI is InChI=1S/C17H18N2O/c18-9-4-10-19-17(20)15-8-3-7-14-13-6-2-1-5-12(13)11-16(14)15/h1-3,5-8H,4,9-11,18H2,(H,19,20). The second kappa shape index (κ2) is 5.47. The summed E-state index contributed by atoms with van der Waals surface area (Å²) in [5, 5.41) is 2.94. The van der Waals surface area contributed by atoms with Crippen molar-refractivity contribution in [1.29, 1.82) is 0 Å². The summed E-state index contributed by atoms with van der Waals surface area (Å²) in [6, 6.07) is 14.3. The topological polar surface area (TPSA) is 55.1 Å². The van der Waals surface area contributed by atoms with Gasteiger partial charge in [0.1, 0.15) is 0 Å². The summed E-state index contributed by atoms with van der Waals surface area (Å²) in [5.41, 5.74) is 11.1. The van der Waals surface area contributed by atoms with Gasteiger partial charge in [-0.05, 0) is 47.7 Å². The molecule has 0 fully saturated rings. The number of carbonyl (C=O) groups is 1. The summed E-state index contributed by atoms with van der Waals surface area (Å²) in [5.74, 6) is 0.00288. The van der Waals surface area contributed by atoms with Gasteiger partial charge in [-0.1, -0.05) is 36.4 Å². The highest BCUT2D eigenvalue weighted by Crippen LogP contribution is 2.37. The van der Waals surface area contributed by atoms with E-state index in [1.165, 1.54) is 16.7 Å². The Morgan fingerprint density at radius 2 is 1.90 bits per heavy atom. The van der Waals surface area contributed by atoms with Gasteiger partial charge < -0.3 is 11.1 Å². The van der Waals surface area contributed by atoms with Crippen LogP contribution in [0.25, 0.3) is 11.1 Å². The molecule has 0 radical (unpaired) electrons. The van der Waals surface area contributed by atoms with Crippen molar-refractivity contribution >= 4 is 5.91 Å². The molecular weight excluding hydrogens is 248 g/mol. The molecule has 20 heavy (non-hydrogen) atoms. The lowest BCUT2D eigenvalue weighted by Crippen LogP contribution is -2.26. The van der Waals surface area contributed by atoms with Crippen molar-refractivity contribution in [2.45, 2.75) is 12.8 Å². The van der Waals surface area contributed by atoms with Gasteiger partial charge in [0.15, 0.2) is 0 Å². The Morgan fingerprint density at radius 3 is 2.75 bits per heavy atom. The van der Waals surface area contributed by atoms with Gasteiger partial charge in [-0.25, -0.2) is 0 Å². The van der Waals surface area contributed by atoms with E-state index in [1.54, 1.807) is 0 Å². The summed E-state index contributed by atoms with van der Waals surface area (Å²) in [6.45, 7) is 1.23. The van der Waals surface area contributed by atoms with Crippen LogP contribution in [0.3, 0.4) is 0 Å². The highest BCUT2D eigenvalue weighted by molar-refractivity contribution is 5.99. The molecule has 1 aliphatic carbocycles. The molecule has 1 amide bonds. The summed E-state index contributed by atoms with van der Waals surface area (Å²) >= 11 is 0. The maximum atomic E-state index is 12.3. The van der Waals surface area contributed by atoms with E-state index < -0.39 is 0 Å². The summed E-state index contributed by atoms with van der Waals surface area (Å²) in [4.78, 5) is 12.3. The van der Waals surface area contributed by atoms with E-state index >= 15 is 0 Å². The monoisotopic (exact) mass is 266 g/mol. The molecule has 0 heterocycles. The number of fused-ring (bicyclic) bond motifs is 3. The van der Waals surface area contributed by atoms with Crippen LogP contribution in [0.15, 0.2) is 42.5 Å². The van der Waals surface area contributed by atoms with E-state index in [9.17, 15) is 4.79 Å². The van der Waals surface area contributed by atoms with Gasteiger partial charge in [0, 0.05) is 12.1 Å². The van der Waals surface area contributed by atoms with Gasteiger partial charge in [0.2, 0.25) is 0 Å². The largest absolute Gasteiger partial charge is 0.352 e. The summed E-state index contributed by atoms with van der Waals surface area (Å²) in [6.07, 6.45) is 1.65. The van der Waals surface area contributed by atoms with E-state index in [4.69, 9.17) is 5.73 Å². The molecule has 0 bridgehead atoms. The zero-order valence-corrected chi connectivity index (χ0v) is 11.4. The van der Waals surface area contributed by atoms with E-state index in [2.05, 4.69) is 23.5 Å². The minimum atomic E-state index is 0.00288. The van der Waals surface area contributed by atoms with Crippen molar-refractivity contribution in [3.05, 3.63) is 59.2 Å². The van der Waals surface area contributed by atoms with Crippen LogP contribution in [0.4, 0.5) is 0 Å². The van der Waals surface area contributed by atoms with Crippen LogP contribution in [-0.4, -0.2) is 19.0 Å². The fraction of sp³-hybridized carbons (Fsp3) is 0.235. The summed E-state index contributed by atoms with van der Waals surface area (Å²) < 4.78 is 0. The number of carbonyl (C=O) groups excluding carboxylic acids is 1. The lowest BCUT2D eigenvalue weighted by atomic mass is 10.0. The van der Waals surface area contributed by atoms with Crippen LogP contribution >= 0.6 is 0 Å². The SMILES string of the molecule is NCCCNC(=O)c1cccc2c1Cc1ccccc1-2. The van der Waals surface area contributed by atoms with Crippen LogP contribution in [-0.2, 0) is 6.42 Å². The normalized spacial score (nSPS) is 11.8. The zero-order valence-electron chi connectivity index (χ0n) is 11.4. The second-order valence-corrected chi connectivity index (χ2v) is 5.06. The Balaban J connectivity index is 1.91. The first-order valence-electron chi connectivity index (χ1n) is 6.99. The number of hydrogen-bond donors (Lipinski definition) is 2. The molecule has 0 saturated carbocycles. The number of rotatable bonds is 4. The molecule has 3 N–H and O–H groups in total. The molecule has 2 aromatic rings. The predicted molar refractivity (Wildman–Crippen MR) is 80.7 cm³/mol. The maximum Gasteiger partial charge on any atom is 0.251 e. The Labute approximate surface area is 118 Å². The number of hydrogen-bond acceptors (Lipinski definition) is 2. The third-order valence-electron chi connectivity index (χ3n) is 3.76. The fourth-order valence-corrected chi connectivity index (χ4v) is 2.77. The lowest BCUT2D eigenvalue weighted by Gasteiger charge is -2.09. The highest BCUT2D eigenvalue weighted by atomic mass is 16.1. The van der Waals surface area contributed by atoms with Crippen LogP contribution in [0.1, 0.15) is 27.9 Å². The molecular formula is C17H18N2O. The molecule has 3 heteroatoms. The van der Waals surface area contributed by atoms with E-state index in [1.807, 2.05) is 24.3 Å². The van der Waals surface area contributed by atoms with E-state index in [0.717, 1.165) is 24.0 Å². The quantitative estimate of drug-likeness (QED) is 0.712. The zero-order chi connectivity index (χ0) is 13.9. The minimum Gasteiger partial charge on any atom is -0.352 e. The average molecular weight is 266 g/mol. The lowest BCUT2D eigenvalue weighted by molar-refractivity contribution is 0.0953. The van der Waals surface area contributed by atoms with Crippen molar-refractivity contribution in [3.63, 3.8) is 0 Å². The molecule has 3 nitrogen and oxygen atoms in total. The van der Waals surface area contributed by atoms with Gasteiger partial charge in [0.05, 0.1) is 0 Å². The second-order valence-electron chi connectivity index (χ2n) is 5.06. The minimum absolute atomic E-state index is 0.00288. The Bertz CT molecular complexity index is 649. The van der Waals surface area contributed by atoms with Crippen LogP contribution in [0.5, 0.6) is 0 Å². The first kappa shape index (κ1) is 12.9. The van der Waals surface area contributed by atoms with Crippen LogP contribution in [0.2, 0.25) is 0 Å². The van der Waals surface area contributed by atoms with Gasteiger partial charge in [-0.3, -0.25) is 4.79 Å². The van der Waals surface area contributed by atoms with Crippen molar-refractivity contribution in [3.8, 4) is 11.1 Å². The fourth-order valence-electron chi connectivity index (χ4n) is 2.77. The van der Waals surface area contributed by atoms with Crippen molar-refractivity contribution in [2.75, 3.05) is 13.1 Å². The van der Waals surface area contributed by atoms with Gasteiger partial charge in [-0.2, -0.15) is 0 Å². The molecule has 0 aromatic heterocycles. The van der Waals surface area contributed by atoms with E-state index in [0.29, 0.717) is 13.1 Å². The average Bonchev–Trinajstić information content (AvgIpc) is 2.86. The predicted octanol–water partition coefficient (Wildman–Crippen LogP) is 2.34. The van der Waals surface area contributed by atoms with Crippen LogP contribution < -0.4 is 11.1 Å². The smallest absolute Gasteiger partial charge is 0.251 e. The number of nitrogens with one attached hydrogen (secondary N) is 1. The highest BCUT2D eigenvalue weighted by Gasteiger charge is 2.22. The molecule has 0 unspecified atom stereocenters. The molecule has 2 aromatic carbocycles. The first-order chi connectivity index (χ1) is 9.81. The van der Waals surface area contributed by atoms with Crippen LogP contribution in [0, 0.1) is 0 Å². The first-order valence-corrected chi connectivity index (χ1v) is 6.99. The molecule has 3 rings (SSSR count). The van der Waals surface area contributed by atoms with Crippen molar-refractivity contribution < 1.29 is 4.79 Å². The van der Waals surface area contributed by atoms with E-state index in [-0.39, 0.29) is 5.91 Å². The van der Waals surface area contributed by atoms with Gasteiger partial charge in [0.25, 0.3) is 5.91 Å².